The van der Waals surface area contributed by atoms with Crippen LogP contribution < -0.4 is 5.73 Å². The van der Waals surface area contributed by atoms with E-state index in [2.05, 4.69) is 10.1 Å². The van der Waals surface area contributed by atoms with Crippen LogP contribution in [0.15, 0.2) is 24.7 Å². The lowest BCUT2D eigenvalue weighted by atomic mass is 10.2. The van der Waals surface area contributed by atoms with Gasteiger partial charge >= 0.3 is 5.97 Å². The molecule has 2 rings (SSSR count). The molecule has 2 aromatic rings. The molecule has 0 aliphatic heterocycles. The molecular weight excluding hydrogens is 208 g/mol. The number of aromatic nitrogens is 3. The van der Waals surface area contributed by atoms with E-state index in [0.717, 1.165) is 5.56 Å². The van der Waals surface area contributed by atoms with Crippen molar-refractivity contribution < 1.29 is 9.90 Å². The summed E-state index contributed by atoms with van der Waals surface area (Å²) < 4.78 is 1.41. The average molecular weight is 218 g/mol. The van der Waals surface area contributed by atoms with E-state index in [1.54, 1.807) is 12.4 Å². The number of pyridine rings is 1. The first kappa shape index (κ1) is 10.2. The Morgan fingerprint density at radius 1 is 1.50 bits per heavy atom. The number of carboxylic acids is 1. The third-order valence-corrected chi connectivity index (χ3v) is 2.05. The maximum Gasteiger partial charge on any atom is 0.339 e. The van der Waals surface area contributed by atoms with Gasteiger partial charge in [0, 0.05) is 6.20 Å². The van der Waals surface area contributed by atoms with Crippen LogP contribution in [0.1, 0.15) is 15.9 Å². The molecule has 0 fully saturated rings. The predicted molar refractivity (Wildman–Crippen MR) is 57.5 cm³/mol. The zero-order chi connectivity index (χ0) is 11.7. The summed E-state index contributed by atoms with van der Waals surface area (Å²) in [5.41, 5.74) is 6.76. The molecule has 0 unspecified atom stereocenters. The fourth-order valence-electron chi connectivity index (χ4n) is 1.34. The van der Waals surface area contributed by atoms with Crippen LogP contribution in [0.5, 0.6) is 0 Å². The Balaban J connectivity index is 2.60. The summed E-state index contributed by atoms with van der Waals surface area (Å²) in [7, 11) is 0. The Morgan fingerprint density at radius 2 is 2.25 bits per heavy atom. The number of rotatable bonds is 2. The average Bonchev–Trinajstić information content (AvgIpc) is 2.64. The quantitative estimate of drug-likeness (QED) is 0.779. The Morgan fingerprint density at radius 3 is 2.81 bits per heavy atom. The molecule has 6 nitrogen and oxygen atoms in total. The minimum absolute atomic E-state index is 0.0306. The van der Waals surface area contributed by atoms with Gasteiger partial charge < -0.3 is 10.8 Å². The number of hydrogen-bond acceptors (Lipinski definition) is 4. The monoisotopic (exact) mass is 218 g/mol. The molecule has 6 heteroatoms. The van der Waals surface area contributed by atoms with Crippen LogP contribution in [0, 0.1) is 6.92 Å². The largest absolute Gasteiger partial charge is 0.478 e. The maximum atomic E-state index is 11.0. The highest BCUT2D eigenvalue weighted by Gasteiger charge is 2.14. The molecule has 2 aromatic heterocycles. The number of aryl methyl sites for hydroxylation is 1. The molecule has 0 amide bonds. The van der Waals surface area contributed by atoms with Crippen molar-refractivity contribution in [2.24, 2.45) is 0 Å². The van der Waals surface area contributed by atoms with Crippen LogP contribution in [0.3, 0.4) is 0 Å². The summed E-state index contributed by atoms with van der Waals surface area (Å²) in [4.78, 5) is 15.0. The lowest BCUT2D eigenvalue weighted by molar-refractivity contribution is 0.0696. The summed E-state index contributed by atoms with van der Waals surface area (Å²) in [6.45, 7) is 1.86. The number of carboxylic acid groups (broad SMARTS) is 1. The van der Waals surface area contributed by atoms with Crippen LogP contribution in [-0.2, 0) is 0 Å². The second-order valence-corrected chi connectivity index (χ2v) is 3.41. The number of anilines is 1. The van der Waals surface area contributed by atoms with Crippen molar-refractivity contribution in [2.75, 3.05) is 5.73 Å². The van der Waals surface area contributed by atoms with Gasteiger partial charge in [-0.15, -0.1) is 0 Å². The van der Waals surface area contributed by atoms with E-state index in [9.17, 15) is 4.79 Å². The second kappa shape index (κ2) is 3.65. The van der Waals surface area contributed by atoms with Gasteiger partial charge in [0.1, 0.15) is 5.56 Å². The first-order valence-corrected chi connectivity index (χ1v) is 4.58. The molecule has 0 saturated carbocycles. The van der Waals surface area contributed by atoms with Crippen LogP contribution in [-0.4, -0.2) is 25.8 Å². The number of nitrogens with zero attached hydrogens (tertiary/aromatic N) is 3. The third-order valence-electron chi connectivity index (χ3n) is 2.05. The summed E-state index contributed by atoms with van der Waals surface area (Å²) in [6, 6.07) is 1.36. The molecule has 0 bridgehead atoms. The van der Waals surface area contributed by atoms with Crippen molar-refractivity contribution in [2.45, 2.75) is 6.92 Å². The SMILES string of the molecule is Cc1cnn(-c2ncc(N)cc2C(=O)O)c1. The number of aromatic carboxylic acids is 1. The second-order valence-electron chi connectivity index (χ2n) is 3.41. The third kappa shape index (κ3) is 1.72. The fraction of sp³-hybridized carbons (Fsp3) is 0.100. The first-order chi connectivity index (χ1) is 7.58. The van der Waals surface area contributed by atoms with E-state index in [-0.39, 0.29) is 11.4 Å². The number of carbonyl (C=O) groups is 1. The Kier molecular flexibility index (Phi) is 2.32. The minimum Gasteiger partial charge on any atom is -0.478 e. The van der Waals surface area contributed by atoms with Crippen molar-refractivity contribution in [3.63, 3.8) is 0 Å². The van der Waals surface area contributed by atoms with E-state index >= 15 is 0 Å². The normalized spacial score (nSPS) is 10.3. The van der Waals surface area contributed by atoms with Gasteiger partial charge in [0.25, 0.3) is 0 Å². The van der Waals surface area contributed by atoms with E-state index in [1.807, 2.05) is 6.92 Å². The van der Waals surface area contributed by atoms with Gasteiger partial charge in [-0.3, -0.25) is 0 Å². The Labute approximate surface area is 91.3 Å². The minimum atomic E-state index is -1.08. The van der Waals surface area contributed by atoms with E-state index < -0.39 is 5.97 Å². The molecule has 0 spiro atoms. The zero-order valence-electron chi connectivity index (χ0n) is 8.58. The molecule has 0 atom stereocenters. The van der Waals surface area contributed by atoms with Gasteiger partial charge in [-0.2, -0.15) is 5.10 Å². The molecule has 0 saturated heterocycles. The maximum absolute atomic E-state index is 11.0. The van der Waals surface area contributed by atoms with E-state index in [4.69, 9.17) is 10.8 Å². The molecule has 0 aliphatic rings. The van der Waals surface area contributed by atoms with Crippen molar-refractivity contribution in [1.82, 2.24) is 14.8 Å². The van der Waals surface area contributed by atoms with Gasteiger partial charge in [0.2, 0.25) is 0 Å². The van der Waals surface area contributed by atoms with Gasteiger partial charge in [-0.25, -0.2) is 14.5 Å². The van der Waals surface area contributed by atoms with Crippen molar-refractivity contribution in [1.29, 1.82) is 0 Å². The molecule has 0 radical (unpaired) electrons. The van der Waals surface area contributed by atoms with Crippen LogP contribution in [0.2, 0.25) is 0 Å². The van der Waals surface area contributed by atoms with Gasteiger partial charge in [0.05, 0.1) is 18.1 Å². The zero-order valence-corrected chi connectivity index (χ0v) is 8.58. The highest BCUT2D eigenvalue weighted by atomic mass is 16.4. The standard InChI is InChI=1S/C10H10N4O2/c1-6-3-13-14(5-6)9-8(10(15)16)2-7(11)4-12-9/h2-5H,11H2,1H3,(H,15,16). The summed E-state index contributed by atoms with van der Waals surface area (Å²) in [5.74, 6) is -0.822. The van der Waals surface area contributed by atoms with Crippen LogP contribution >= 0.6 is 0 Å². The lowest BCUT2D eigenvalue weighted by Gasteiger charge is -2.05. The van der Waals surface area contributed by atoms with Crippen LogP contribution in [0.25, 0.3) is 5.82 Å². The van der Waals surface area contributed by atoms with Gasteiger partial charge in [-0.1, -0.05) is 0 Å². The highest BCUT2D eigenvalue weighted by Crippen LogP contribution is 2.14. The van der Waals surface area contributed by atoms with E-state index in [0.29, 0.717) is 5.69 Å². The smallest absolute Gasteiger partial charge is 0.339 e. The molecule has 82 valence electrons. The molecule has 2 heterocycles. The highest BCUT2D eigenvalue weighted by molar-refractivity contribution is 5.92. The summed E-state index contributed by atoms with van der Waals surface area (Å²) in [5, 5.41) is 13.0. The molecular formula is C10H10N4O2. The number of nitrogens with two attached hydrogens (primary N) is 1. The number of hydrogen-bond donors (Lipinski definition) is 2. The number of nitrogen functional groups attached to an aromatic ring is 1. The molecule has 16 heavy (non-hydrogen) atoms. The molecule has 0 aliphatic carbocycles. The summed E-state index contributed by atoms with van der Waals surface area (Å²) >= 11 is 0. The molecule has 3 N–H and O–H groups in total. The van der Waals surface area contributed by atoms with Crippen molar-refractivity contribution in [3.05, 3.63) is 35.8 Å². The summed E-state index contributed by atoms with van der Waals surface area (Å²) in [6.07, 6.45) is 4.73. The Bertz CT molecular complexity index is 548. The molecule has 0 aromatic carbocycles. The van der Waals surface area contributed by atoms with Crippen molar-refractivity contribution in [3.8, 4) is 5.82 Å². The first-order valence-electron chi connectivity index (χ1n) is 4.58. The van der Waals surface area contributed by atoms with Crippen molar-refractivity contribution >= 4 is 11.7 Å². The van der Waals surface area contributed by atoms with E-state index in [1.165, 1.54) is 16.9 Å². The van der Waals surface area contributed by atoms with Gasteiger partial charge in [-0.05, 0) is 18.6 Å². The fourth-order valence-corrected chi connectivity index (χ4v) is 1.34. The predicted octanol–water partition coefficient (Wildman–Crippen LogP) is 0.856. The topological polar surface area (TPSA) is 94.0 Å². The van der Waals surface area contributed by atoms with Gasteiger partial charge in [0.15, 0.2) is 5.82 Å². The Hall–Kier alpha value is -2.37. The lowest BCUT2D eigenvalue weighted by Crippen LogP contribution is -2.09. The van der Waals surface area contributed by atoms with Crippen LogP contribution in [0.4, 0.5) is 5.69 Å².